The van der Waals surface area contributed by atoms with E-state index in [0.29, 0.717) is 12.8 Å². The van der Waals surface area contributed by atoms with Crippen molar-refractivity contribution in [1.82, 2.24) is 0 Å². The lowest BCUT2D eigenvalue weighted by atomic mass is 9.76. The number of primary amides is 2. The Labute approximate surface area is 159 Å². The second-order valence-corrected chi connectivity index (χ2v) is 7.42. The zero-order chi connectivity index (χ0) is 20.6. The Kier molecular flexibility index (Phi) is 15.6. The predicted molar refractivity (Wildman–Crippen MR) is 106 cm³/mol. The number of hydrogen-bond acceptors (Lipinski definition) is 4. The normalized spacial score (nSPS) is 11.6. The Morgan fingerprint density at radius 1 is 0.769 bits per heavy atom. The van der Waals surface area contributed by atoms with Crippen LogP contribution in [0.15, 0.2) is 0 Å². The maximum absolute atomic E-state index is 11.3. The molecule has 156 valence electrons. The molecule has 0 radical (unpaired) electrons. The second-order valence-electron chi connectivity index (χ2n) is 7.42. The summed E-state index contributed by atoms with van der Waals surface area (Å²) in [5.41, 5.74) is 9.83. The molecule has 0 aromatic heterocycles. The van der Waals surface area contributed by atoms with Crippen LogP contribution in [-0.4, -0.2) is 35.2 Å². The Bertz CT molecular complexity index is 363. The summed E-state index contributed by atoms with van der Waals surface area (Å²) < 4.78 is 0. The zero-order valence-electron chi connectivity index (χ0n) is 17.4. The summed E-state index contributed by atoms with van der Waals surface area (Å²) in [6, 6.07) is 0. The summed E-state index contributed by atoms with van der Waals surface area (Å²) in [6.45, 7) is 8.29. The monoisotopic (exact) mass is 374 g/mol. The van der Waals surface area contributed by atoms with E-state index in [2.05, 4.69) is 13.8 Å². The Balaban J connectivity index is 0. The minimum absolute atomic E-state index is 0.0446. The van der Waals surface area contributed by atoms with Crippen molar-refractivity contribution in [3.8, 4) is 0 Å². The van der Waals surface area contributed by atoms with E-state index in [-0.39, 0.29) is 30.4 Å². The molecule has 0 saturated heterocycles. The third-order valence-electron chi connectivity index (χ3n) is 5.02. The number of aliphatic hydroxyl groups is 2. The molecule has 0 fully saturated rings. The molecule has 0 rings (SSSR count). The van der Waals surface area contributed by atoms with Gasteiger partial charge in [0.1, 0.15) is 0 Å². The highest BCUT2D eigenvalue weighted by atomic mass is 16.3. The van der Waals surface area contributed by atoms with Crippen LogP contribution < -0.4 is 11.5 Å². The molecular formula is C20H42N2O4. The van der Waals surface area contributed by atoms with E-state index in [0.717, 1.165) is 51.4 Å². The third kappa shape index (κ3) is 10.1. The van der Waals surface area contributed by atoms with Gasteiger partial charge in [0, 0.05) is 25.0 Å². The molecule has 26 heavy (non-hydrogen) atoms. The molecule has 0 aromatic rings. The average molecular weight is 375 g/mol. The molecule has 0 unspecified atom stereocenters. The molecule has 0 bridgehead atoms. The lowest BCUT2D eigenvalue weighted by molar-refractivity contribution is -0.129. The van der Waals surface area contributed by atoms with Crippen molar-refractivity contribution >= 4 is 11.8 Å². The standard InChI is InChI=1S/2C10H21NO2/c1-3-5-10(8-12,6-4-2)7-9(11)13;1-3-5-10(6-4-2,7-8-12)9(11)13/h2*12H,3-8H2,1-2H3,(H2,11,13). The molecule has 2 amide bonds. The van der Waals surface area contributed by atoms with Gasteiger partial charge in [-0.15, -0.1) is 0 Å². The van der Waals surface area contributed by atoms with Crippen molar-refractivity contribution in [2.75, 3.05) is 13.2 Å². The van der Waals surface area contributed by atoms with E-state index in [1.807, 2.05) is 13.8 Å². The lowest BCUT2D eigenvalue weighted by Crippen LogP contribution is -2.37. The van der Waals surface area contributed by atoms with Gasteiger partial charge in [0.2, 0.25) is 11.8 Å². The highest BCUT2D eigenvalue weighted by Crippen LogP contribution is 2.33. The maximum atomic E-state index is 11.3. The molecule has 0 spiro atoms. The van der Waals surface area contributed by atoms with Crippen molar-refractivity contribution in [2.45, 2.75) is 91.9 Å². The van der Waals surface area contributed by atoms with Gasteiger partial charge in [-0.25, -0.2) is 0 Å². The molecular weight excluding hydrogens is 332 g/mol. The van der Waals surface area contributed by atoms with Crippen molar-refractivity contribution in [2.24, 2.45) is 22.3 Å². The van der Waals surface area contributed by atoms with Gasteiger partial charge in [-0.3, -0.25) is 9.59 Å². The van der Waals surface area contributed by atoms with Crippen LogP contribution in [0.25, 0.3) is 0 Å². The van der Waals surface area contributed by atoms with Crippen molar-refractivity contribution < 1.29 is 19.8 Å². The van der Waals surface area contributed by atoms with E-state index < -0.39 is 5.41 Å². The fourth-order valence-electron chi connectivity index (χ4n) is 3.86. The van der Waals surface area contributed by atoms with Gasteiger partial charge in [0.05, 0.1) is 5.41 Å². The molecule has 0 heterocycles. The Morgan fingerprint density at radius 3 is 1.42 bits per heavy atom. The minimum Gasteiger partial charge on any atom is -0.396 e. The molecule has 0 aromatic carbocycles. The van der Waals surface area contributed by atoms with Crippen LogP contribution in [0, 0.1) is 10.8 Å². The molecule has 0 aliphatic rings. The fraction of sp³-hybridized carbons (Fsp3) is 0.900. The second kappa shape index (κ2) is 15.0. The van der Waals surface area contributed by atoms with Gasteiger partial charge >= 0.3 is 0 Å². The zero-order valence-corrected chi connectivity index (χ0v) is 17.4. The van der Waals surface area contributed by atoms with Gasteiger partial charge in [-0.05, 0) is 32.1 Å². The first kappa shape index (κ1) is 27.1. The third-order valence-corrected chi connectivity index (χ3v) is 5.02. The first-order valence-corrected chi connectivity index (χ1v) is 10.0. The Hall–Kier alpha value is -1.14. The van der Waals surface area contributed by atoms with Gasteiger partial charge in [-0.1, -0.05) is 53.4 Å². The maximum Gasteiger partial charge on any atom is 0.223 e. The summed E-state index contributed by atoms with van der Waals surface area (Å²) in [5, 5.41) is 18.2. The highest BCUT2D eigenvalue weighted by molar-refractivity contribution is 5.80. The number of hydrogen-bond donors (Lipinski definition) is 4. The molecule has 0 aliphatic heterocycles. The molecule has 6 N–H and O–H groups in total. The lowest BCUT2D eigenvalue weighted by Gasteiger charge is -2.30. The topological polar surface area (TPSA) is 127 Å². The fourth-order valence-corrected chi connectivity index (χ4v) is 3.86. The molecule has 6 nitrogen and oxygen atoms in total. The van der Waals surface area contributed by atoms with E-state index in [1.54, 1.807) is 0 Å². The van der Waals surface area contributed by atoms with Crippen molar-refractivity contribution in [3.63, 3.8) is 0 Å². The summed E-state index contributed by atoms with van der Waals surface area (Å²) in [7, 11) is 0. The van der Waals surface area contributed by atoms with E-state index >= 15 is 0 Å². The number of amides is 2. The average Bonchev–Trinajstić information content (AvgIpc) is 2.55. The summed E-state index contributed by atoms with van der Waals surface area (Å²) in [4.78, 5) is 22.1. The van der Waals surface area contributed by atoms with E-state index in [9.17, 15) is 14.7 Å². The van der Waals surface area contributed by atoms with Gasteiger partial charge < -0.3 is 21.7 Å². The quantitative estimate of drug-likeness (QED) is 0.373. The molecule has 0 saturated carbocycles. The number of rotatable bonds is 14. The Morgan fingerprint density at radius 2 is 1.19 bits per heavy atom. The van der Waals surface area contributed by atoms with Gasteiger partial charge in [0.25, 0.3) is 0 Å². The van der Waals surface area contributed by atoms with Crippen LogP contribution in [0.1, 0.15) is 91.9 Å². The summed E-state index contributed by atoms with van der Waals surface area (Å²) in [5.74, 6) is -0.568. The van der Waals surface area contributed by atoms with Crippen LogP contribution in [0.3, 0.4) is 0 Å². The number of carbonyl (C=O) groups is 2. The SMILES string of the molecule is CCCC(CCC)(CCO)C(N)=O.CCCC(CO)(CCC)CC(N)=O. The summed E-state index contributed by atoms with van der Waals surface area (Å²) >= 11 is 0. The smallest absolute Gasteiger partial charge is 0.223 e. The minimum atomic E-state index is -0.460. The first-order valence-electron chi connectivity index (χ1n) is 10.0. The summed E-state index contributed by atoms with van der Waals surface area (Å²) in [6.07, 6.45) is 7.97. The van der Waals surface area contributed by atoms with Crippen LogP contribution >= 0.6 is 0 Å². The van der Waals surface area contributed by atoms with Crippen LogP contribution in [0.5, 0.6) is 0 Å². The van der Waals surface area contributed by atoms with Gasteiger partial charge in [0.15, 0.2) is 0 Å². The molecule has 0 aliphatic carbocycles. The van der Waals surface area contributed by atoms with Crippen LogP contribution in [-0.2, 0) is 9.59 Å². The molecule has 0 atom stereocenters. The largest absolute Gasteiger partial charge is 0.396 e. The predicted octanol–water partition coefficient (Wildman–Crippen LogP) is 2.88. The van der Waals surface area contributed by atoms with Crippen LogP contribution in [0.2, 0.25) is 0 Å². The molecule has 6 heteroatoms. The number of aliphatic hydroxyl groups excluding tert-OH is 2. The number of carbonyl (C=O) groups excluding carboxylic acids is 2. The van der Waals surface area contributed by atoms with Crippen molar-refractivity contribution in [3.05, 3.63) is 0 Å². The van der Waals surface area contributed by atoms with Crippen LogP contribution in [0.4, 0.5) is 0 Å². The van der Waals surface area contributed by atoms with Crippen molar-refractivity contribution in [1.29, 1.82) is 0 Å². The number of nitrogens with two attached hydrogens (primary N) is 2. The first-order chi connectivity index (χ1) is 12.2. The van der Waals surface area contributed by atoms with Gasteiger partial charge in [-0.2, -0.15) is 0 Å². The van der Waals surface area contributed by atoms with E-state index in [1.165, 1.54) is 0 Å². The highest BCUT2D eigenvalue weighted by Gasteiger charge is 2.33. The van der Waals surface area contributed by atoms with E-state index in [4.69, 9.17) is 16.6 Å².